The molecule has 3 rings (SSSR count). The topological polar surface area (TPSA) is 23.5 Å². The van der Waals surface area contributed by atoms with E-state index in [1.54, 1.807) is 0 Å². The molecule has 0 radical (unpaired) electrons. The first-order valence-corrected chi connectivity index (χ1v) is 6.93. The Morgan fingerprint density at radius 2 is 1.88 bits per heavy atom. The van der Waals surface area contributed by atoms with Gasteiger partial charge in [-0.25, -0.2) is 0 Å². The molecule has 0 amide bonds. The summed E-state index contributed by atoms with van der Waals surface area (Å²) in [6.45, 7) is 7.37. The van der Waals surface area contributed by atoms with Crippen LogP contribution in [-0.2, 0) is 0 Å². The Hall–Kier alpha value is -0.0800. The molecule has 1 aliphatic heterocycles. The van der Waals surface area contributed by atoms with Gasteiger partial charge in [-0.15, -0.1) is 0 Å². The third kappa shape index (κ3) is 1.80. The highest BCUT2D eigenvalue weighted by molar-refractivity contribution is 5.04. The zero-order valence-electron chi connectivity index (χ0n) is 10.7. The smallest absolute Gasteiger partial charge is 0.0555 e. The monoisotopic (exact) mass is 223 g/mol. The molecule has 3 aliphatic rings. The summed E-state index contributed by atoms with van der Waals surface area (Å²) in [5.74, 6) is 0. The van der Waals surface area contributed by atoms with Crippen LogP contribution in [0, 0.1) is 10.8 Å². The van der Waals surface area contributed by atoms with Crippen LogP contribution in [0.3, 0.4) is 0 Å². The van der Waals surface area contributed by atoms with E-state index >= 15 is 0 Å². The van der Waals surface area contributed by atoms with Crippen molar-refractivity contribution in [1.82, 2.24) is 4.90 Å². The van der Waals surface area contributed by atoms with Crippen molar-refractivity contribution in [2.75, 3.05) is 13.1 Å². The van der Waals surface area contributed by atoms with Crippen LogP contribution in [0.1, 0.15) is 52.4 Å². The van der Waals surface area contributed by atoms with E-state index in [0.717, 1.165) is 18.3 Å². The third-order valence-electron chi connectivity index (χ3n) is 5.39. The number of nitrogens with zero attached hydrogens (tertiary/aromatic N) is 1. The molecule has 1 spiro atoms. The zero-order valence-corrected chi connectivity index (χ0v) is 10.7. The van der Waals surface area contributed by atoms with Crippen LogP contribution >= 0.6 is 0 Å². The highest BCUT2D eigenvalue weighted by Gasteiger charge is 2.51. The fourth-order valence-corrected chi connectivity index (χ4v) is 3.86. The maximum absolute atomic E-state index is 9.89. The minimum atomic E-state index is -0.0474. The van der Waals surface area contributed by atoms with E-state index in [2.05, 4.69) is 18.7 Å². The summed E-state index contributed by atoms with van der Waals surface area (Å²) in [4.78, 5) is 2.69. The van der Waals surface area contributed by atoms with Crippen molar-refractivity contribution < 1.29 is 5.11 Å². The SMILES string of the molecule is CC1(C)CCC(O)CC1N1CCC2(CC2)C1. The van der Waals surface area contributed by atoms with Gasteiger partial charge in [-0.3, -0.25) is 4.90 Å². The number of aliphatic hydroxyl groups is 1. The van der Waals surface area contributed by atoms with E-state index < -0.39 is 0 Å². The second-order valence-electron chi connectivity index (χ2n) is 7.15. The van der Waals surface area contributed by atoms with Gasteiger partial charge in [0.1, 0.15) is 0 Å². The maximum Gasteiger partial charge on any atom is 0.0555 e. The largest absolute Gasteiger partial charge is 0.393 e. The molecule has 2 unspecified atom stereocenters. The van der Waals surface area contributed by atoms with E-state index in [1.165, 1.54) is 38.8 Å². The summed E-state index contributed by atoms with van der Waals surface area (Å²) in [7, 11) is 0. The Bertz CT molecular complexity index is 282. The predicted octanol–water partition coefficient (Wildman–Crippen LogP) is 2.41. The number of likely N-dealkylation sites (tertiary alicyclic amines) is 1. The Morgan fingerprint density at radius 3 is 2.50 bits per heavy atom. The van der Waals surface area contributed by atoms with E-state index in [9.17, 15) is 5.11 Å². The second-order valence-corrected chi connectivity index (χ2v) is 7.15. The minimum absolute atomic E-state index is 0.0474. The normalized spacial score (nSPS) is 41.4. The number of hydrogen-bond donors (Lipinski definition) is 1. The van der Waals surface area contributed by atoms with Gasteiger partial charge in [-0.2, -0.15) is 0 Å². The summed E-state index contributed by atoms with van der Waals surface area (Å²) < 4.78 is 0. The van der Waals surface area contributed by atoms with Crippen LogP contribution in [0.5, 0.6) is 0 Å². The highest BCUT2D eigenvalue weighted by Crippen LogP contribution is 2.54. The van der Waals surface area contributed by atoms with Gasteiger partial charge in [0.15, 0.2) is 0 Å². The molecule has 2 atom stereocenters. The van der Waals surface area contributed by atoms with Crippen molar-refractivity contribution in [3.05, 3.63) is 0 Å². The molecule has 2 saturated carbocycles. The Balaban J connectivity index is 1.71. The lowest BCUT2D eigenvalue weighted by Crippen LogP contribution is -2.49. The van der Waals surface area contributed by atoms with Crippen molar-refractivity contribution in [1.29, 1.82) is 0 Å². The van der Waals surface area contributed by atoms with Crippen LogP contribution < -0.4 is 0 Å². The first kappa shape index (κ1) is 11.0. The van der Waals surface area contributed by atoms with E-state index in [-0.39, 0.29) is 6.10 Å². The molecule has 2 heteroatoms. The molecule has 3 fully saturated rings. The van der Waals surface area contributed by atoms with Crippen LogP contribution in [0.15, 0.2) is 0 Å². The molecule has 0 bridgehead atoms. The number of rotatable bonds is 1. The average molecular weight is 223 g/mol. The molecule has 16 heavy (non-hydrogen) atoms. The quantitative estimate of drug-likeness (QED) is 0.738. The molecule has 0 aromatic carbocycles. The molecule has 0 aromatic heterocycles. The van der Waals surface area contributed by atoms with E-state index in [1.807, 2.05) is 0 Å². The van der Waals surface area contributed by atoms with Gasteiger partial charge >= 0.3 is 0 Å². The van der Waals surface area contributed by atoms with Gasteiger partial charge in [0, 0.05) is 12.6 Å². The van der Waals surface area contributed by atoms with E-state index in [4.69, 9.17) is 0 Å². The third-order valence-corrected chi connectivity index (χ3v) is 5.39. The van der Waals surface area contributed by atoms with Crippen molar-refractivity contribution in [2.45, 2.75) is 64.5 Å². The van der Waals surface area contributed by atoms with Crippen LogP contribution in [0.2, 0.25) is 0 Å². The van der Waals surface area contributed by atoms with Crippen LogP contribution in [0.4, 0.5) is 0 Å². The molecule has 92 valence electrons. The second kappa shape index (κ2) is 3.46. The lowest BCUT2D eigenvalue weighted by atomic mass is 9.71. The van der Waals surface area contributed by atoms with Gasteiger partial charge in [-0.05, 0) is 55.9 Å². The summed E-state index contributed by atoms with van der Waals surface area (Å²) in [6.07, 6.45) is 7.47. The Labute approximate surface area is 99.0 Å². The Kier molecular flexibility index (Phi) is 2.38. The van der Waals surface area contributed by atoms with Crippen LogP contribution in [-0.4, -0.2) is 35.2 Å². The van der Waals surface area contributed by atoms with Crippen molar-refractivity contribution >= 4 is 0 Å². The summed E-state index contributed by atoms with van der Waals surface area (Å²) in [6, 6.07) is 0.622. The molecule has 1 heterocycles. The molecule has 1 saturated heterocycles. The van der Waals surface area contributed by atoms with Crippen molar-refractivity contribution in [3.63, 3.8) is 0 Å². The molecule has 2 aliphatic carbocycles. The predicted molar refractivity (Wildman–Crippen MR) is 65.3 cm³/mol. The summed E-state index contributed by atoms with van der Waals surface area (Å²) >= 11 is 0. The highest BCUT2D eigenvalue weighted by atomic mass is 16.3. The van der Waals surface area contributed by atoms with Crippen molar-refractivity contribution in [2.24, 2.45) is 10.8 Å². The lowest BCUT2D eigenvalue weighted by molar-refractivity contribution is -0.00397. The first-order chi connectivity index (χ1) is 7.51. The van der Waals surface area contributed by atoms with Gasteiger partial charge in [0.2, 0.25) is 0 Å². The Morgan fingerprint density at radius 1 is 1.12 bits per heavy atom. The fourth-order valence-electron chi connectivity index (χ4n) is 3.86. The molecular formula is C14H25NO. The van der Waals surface area contributed by atoms with E-state index in [0.29, 0.717) is 11.5 Å². The molecule has 2 nitrogen and oxygen atoms in total. The number of hydrogen-bond acceptors (Lipinski definition) is 2. The zero-order chi connectivity index (χ0) is 11.4. The number of aliphatic hydroxyl groups excluding tert-OH is 1. The first-order valence-electron chi connectivity index (χ1n) is 6.93. The lowest BCUT2D eigenvalue weighted by Gasteiger charge is -2.45. The summed E-state index contributed by atoms with van der Waals surface area (Å²) in [5.41, 5.74) is 1.12. The van der Waals surface area contributed by atoms with Gasteiger partial charge in [-0.1, -0.05) is 13.8 Å². The molecular weight excluding hydrogens is 198 g/mol. The minimum Gasteiger partial charge on any atom is -0.393 e. The van der Waals surface area contributed by atoms with Gasteiger partial charge in [0.25, 0.3) is 0 Å². The molecule has 1 N–H and O–H groups in total. The standard InChI is InChI=1S/C14H25NO/c1-13(2)4-3-11(16)9-12(13)15-8-7-14(10-15)5-6-14/h11-12,16H,3-10H2,1-2H3. The van der Waals surface area contributed by atoms with Crippen LogP contribution in [0.25, 0.3) is 0 Å². The molecule has 0 aromatic rings. The average Bonchev–Trinajstić information content (AvgIpc) is 2.83. The maximum atomic E-state index is 9.89. The van der Waals surface area contributed by atoms with Crippen molar-refractivity contribution in [3.8, 4) is 0 Å². The van der Waals surface area contributed by atoms with Gasteiger partial charge in [0.05, 0.1) is 6.10 Å². The fraction of sp³-hybridized carbons (Fsp3) is 1.00. The summed E-state index contributed by atoms with van der Waals surface area (Å²) in [5, 5.41) is 9.89. The van der Waals surface area contributed by atoms with Gasteiger partial charge < -0.3 is 5.11 Å².